The van der Waals surface area contributed by atoms with Crippen LogP contribution < -0.4 is 14.9 Å². The first-order chi connectivity index (χ1) is 10.2. The van der Waals surface area contributed by atoms with E-state index in [4.69, 9.17) is 9.47 Å². The van der Waals surface area contributed by atoms with Crippen molar-refractivity contribution in [3.63, 3.8) is 0 Å². The van der Waals surface area contributed by atoms with Crippen molar-refractivity contribution in [3.8, 4) is 11.5 Å². The Morgan fingerprint density at radius 3 is 2.38 bits per heavy atom. The van der Waals surface area contributed by atoms with Gasteiger partial charge in [-0.1, -0.05) is 35.9 Å². The van der Waals surface area contributed by atoms with Gasteiger partial charge in [-0.05, 0) is 30.2 Å². The van der Waals surface area contributed by atoms with Gasteiger partial charge in [-0.2, -0.15) is 5.10 Å². The fraction of sp³-hybridized carbons (Fsp3) is 0.235. The van der Waals surface area contributed by atoms with E-state index in [1.54, 1.807) is 20.4 Å². The highest BCUT2D eigenvalue weighted by Crippen LogP contribution is 2.27. The summed E-state index contributed by atoms with van der Waals surface area (Å²) in [5.41, 5.74) is 6.42. The molecule has 0 aliphatic carbocycles. The molecule has 0 fully saturated rings. The largest absolute Gasteiger partial charge is 0.493 e. The Bertz CT molecular complexity index is 607. The maximum Gasteiger partial charge on any atom is 0.161 e. The maximum atomic E-state index is 5.27. The van der Waals surface area contributed by atoms with Gasteiger partial charge < -0.3 is 14.9 Å². The van der Waals surface area contributed by atoms with Crippen molar-refractivity contribution in [1.29, 1.82) is 0 Å². The molecule has 4 nitrogen and oxygen atoms in total. The van der Waals surface area contributed by atoms with Gasteiger partial charge in [0.05, 0.1) is 27.0 Å². The summed E-state index contributed by atoms with van der Waals surface area (Å²) < 4.78 is 10.5. The average Bonchev–Trinajstić information content (AvgIpc) is 2.53. The highest BCUT2D eigenvalue weighted by molar-refractivity contribution is 5.79. The smallest absolute Gasteiger partial charge is 0.161 e. The molecule has 2 aromatic rings. The number of nitrogens with zero attached hydrogens (tertiary/aromatic N) is 1. The zero-order valence-electron chi connectivity index (χ0n) is 12.6. The van der Waals surface area contributed by atoms with Crippen LogP contribution in [0.1, 0.15) is 16.7 Å². The third kappa shape index (κ3) is 4.24. The molecule has 0 radical (unpaired) electrons. The van der Waals surface area contributed by atoms with Crippen LogP contribution in [0.3, 0.4) is 0 Å². The highest BCUT2D eigenvalue weighted by Gasteiger charge is 2.03. The van der Waals surface area contributed by atoms with Crippen molar-refractivity contribution in [2.75, 3.05) is 14.2 Å². The Labute approximate surface area is 125 Å². The van der Waals surface area contributed by atoms with Crippen molar-refractivity contribution in [3.05, 3.63) is 59.2 Å². The van der Waals surface area contributed by atoms with E-state index in [0.717, 1.165) is 22.6 Å². The zero-order valence-corrected chi connectivity index (χ0v) is 12.6. The molecule has 0 amide bonds. The Morgan fingerprint density at radius 1 is 1.00 bits per heavy atom. The monoisotopic (exact) mass is 284 g/mol. The van der Waals surface area contributed by atoms with E-state index in [-0.39, 0.29) is 0 Å². The number of ether oxygens (including phenoxy) is 2. The summed E-state index contributed by atoms with van der Waals surface area (Å²) in [6.45, 7) is 2.69. The summed E-state index contributed by atoms with van der Waals surface area (Å²) in [5.74, 6) is 1.45. The SMILES string of the molecule is COc1ccc(CN/N=C/c2ccc(C)cc2)cc1OC. The maximum absolute atomic E-state index is 5.27. The fourth-order valence-corrected chi connectivity index (χ4v) is 1.90. The van der Waals surface area contributed by atoms with Gasteiger partial charge in [-0.15, -0.1) is 0 Å². The third-order valence-electron chi connectivity index (χ3n) is 3.11. The molecular weight excluding hydrogens is 264 g/mol. The van der Waals surface area contributed by atoms with Gasteiger partial charge in [-0.3, -0.25) is 0 Å². The molecule has 0 aliphatic heterocycles. The van der Waals surface area contributed by atoms with Crippen molar-refractivity contribution < 1.29 is 9.47 Å². The van der Waals surface area contributed by atoms with Crippen molar-refractivity contribution >= 4 is 6.21 Å². The molecule has 1 N–H and O–H groups in total. The molecule has 21 heavy (non-hydrogen) atoms. The molecule has 0 aliphatic rings. The van der Waals surface area contributed by atoms with Crippen LogP contribution in [0.15, 0.2) is 47.6 Å². The van der Waals surface area contributed by atoms with Gasteiger partial charge in [0.25, 0.3) is 0 Å². The standard InChI is InChI=1S/C17H20N2O2/c1-13-4-6-14(7-5-13)11-18-19-12-15-8-9-16(20-2)17(10-15)21-3/h4-11,19H,12H2,1-3H3/b18-11+. The molecule has 0 unspecified atom stereocenters. The molecule has 0 saturated carbocycles. The van der Waals surface area contributed by atoms with Crippen LogP contribution in [-0.2, 0) is 6.54 Å². The summed E-state index contributed by atoms with van der Waals surface area (Å²) in [7, 11) is 3.26. The molecule has 0 bridgehead atoms. The summed E-state index contributed by atoms with van der Waals surface area (Å²) in [6.07, 6.45) is 1.81. The van der Waals surface area contributed by atoms with Gasteiger partial charge >= 0.3 is 0 Å². The Hall–Kier alpha value is -2.49. The molecule has 0 atom stereocenters. The second-order valence-corrected chi connectivity index (χ2v) is 4.69. The van der Waals surface area contributed by atoms with Gasteiger partial charge in [0, 0.05) is 0 Å². The number of hydrogen-bond donors (Lipinski definition) is 1. The van der Waals surface area contributed by atoms with E-state index in [1.165, 1.54) is 5.56 Å². The van der Waals surface area contributed by atoms with Crippen LogP contribution in [-0.4, -0.2) is 20.4 Å². The molecule has 2 rings (SSSR count). The zero-order chi connectivity index (χ0) is 15.1. The quantitative estimate of drug-likeness (QED) is 0.654. The predicted octanol–water partition coefficient (Wildman–Crippen LogP) is 3.14. The first kappa shape index (κ1) is 14.9. The Balaban J connectivity index is 1.92. The normalized spacial score (nSPS) is 10.6. The second kappa shape index (κ2) is 7.33. The lowest BCUT2D eigenvalue weighted by Crippen LogP contribution is -2.06. The lowest BCUT2D eigenvalue weighted by atomic mass is 10.2. The number of hydrazone groups is 1. The van der Waals surface area contributed by atoms with E-state index in [1.807, 2.05) is 30.3 Å². The molecule has 2 aromatic carbocycles. The summed E-state index contributed by atoms with van der Waals surface area (Å²) >= 11 is 0. The molecule has 0 heterocycles. The minimum Gasteiger partial charge on any atom is -0.493 e. The fourth-order valence-electron chi connectivity index (χ4n) is 1.90. The molecule has 110 valence electrons. The topological polar surface area (TPSA) is 42.8 Å². The van der Waals surface area contributed by atoms with Crippen LogP contribution in [0, 0.1) is 6.92 Å². The molecule has 0 aromatic heterocycles. The van der Waals surface area contributed by atoms with Crippen LogP contribution >= 0.6 is 0 Å². The number of nitrogens with one attached hydrogen (secondary N) is 1. The number of hydrogen-bond acceptors (Lipinski definition) is 4. The van der Waals surface area contributed by atoms with Crippen molar-refractivity contribution in [2.24, 2.45) is 5.10 Å². The van der Waals surface area contributed by atoms with Crippen LogP contribution in [0.25, 0.3) is 0 Å². The summed E-state index contributed by atoms with van der Waals surface area (Å²) in [4.78, 5) is 0. The van der Waals surface area contributed by atoms with Crippen LogP contribution in [0.4, 0.5) is 0 Å². The van der Waals surface area contributed by atoms with E-state index in [0.29, 0.717) is 6.54 Å². The van der Waals surface area contributed by atoms with Crippen molar-refractivity contribution in [1.82, 2.24) is 5.43 Å². The van der Waals surface area contributed by atoms with Gasteiger partial charge in [0.2, 0.25) is 0 Å². The first-order valence-corrected chi connectivity index (χ1v) is 6.76. The summed E-state index contributed by atoms with van der Waals surface area (Å²) in [6, 6.07) is 14.0. The van der Waals surface area contributed by atoms with E-state index in [9.17, 15) is 0 Å². The predicted molar refractivity (Wildman–Crippen MR) is 85.2 cm³/mol. The second-order valence-electron chi connectivity index (χ2n) is 4.69. The number of rotatable bonds is 6. The average molecular weight is 284 g/mol. The van der Waals surface area contributed by atoms with Gasteiger partial charge in [0.1, 0.15) is 0 Å². The highest BCUT2D eigenvalue weighted by atomic mass is 16.5. The van der Waals surface area contributed by atoms with Gasteiger partial charge in [0.15, 0.2) is 11.5 Å². The van der Waals surface area contributed by atoms with Gasteiger partial charge in [-0.25, -0.2) is 0 Å². The number of benzene rings is 2. The third-order valence-corrected chi connectivity index (χ3v) is 3.11. The van der Waals surface area contributed by atoms with Crippen LogP contribution in [0.2, 0.25) is 0 Å². The molecule has 4 heteroatoms. The Morgan fingerprint density at radius 2 is 1.71 bits per heavy atom. The first-order valence-electron chi connectivity index (χ1n) is 6.76. The van der Waals surface area contributed by atoms with Crippen molar-refractivity contribution in [2.45, 2.75) is 13.5 Å². The number of methoxy groups -OCH3 is 2. The lowest BCUT2D eigenvalue weighted by Gasteiger charge is -2.09. The Kier molecular flexibility index (Phi) is 5.21. The number of aryl methyl sites for hydroxylation is 1. The van der Waals surface area contributed by atoms with E-state index < -0.39 is 0 Å². The summed E-state index contributed by atoms with van der Waals surface area (Å²) in [5, 5.41) is 4.22. The van der Waals surface area contributed by atoms with Crippen LogP contribution in [0.5, 0.6) is 11.5 Å². The minimum atomic E-state index is 0.628. The van der Waals surface area contributed by atoms with E-state index >= 15 is 0 Å². The molecular formula is C17H20N2O2. The van der Waals surface area contributed by atoms with E-state index in [2.05, 4.69) is 29.6 Å². The minimum absolute atomic E-state index is 0.628. The lowest BCUT2D eigenvalue weighted by molar-refractivity contribution is 0.354. The molecule has 0 spiro atoms. The molecule has 0 saturated heterocycles.